The van der Waals surface area contributed by atoms with Gasteiger partial charge in [-0.2, -0.15) is 0 Å². The zero-order chi connectivity index (χ0) is 11.6. The van der Waals surface area contributed by atoms with Gasteiger partial charge in [0.05, 0.1) is 16.4 Å². The molecular formula is C8H10N2O4S. The fraction of sp³-hybridized carbons (Fsp3) is 0.375. The van der Waals surface area contributed by atoms with Crippen LogP contribution in [0.4, 0.5) is 5.69 Å². The molecule has 7 heteroatoms. The third-order valence-corrected chi connectivity index (χ3v) is 2.54. The van der Waals surface area contributed by atoms with E-state index >= 15 is 0 Å². The number of aryl methyl sites for hydroxylation is 1. The van der Waals surface area contributed by atoms with E-state index in [1.165, 1.54) is 19.1 Å². The minimum Gasteiger partial charge on any atom is -0.258 e. The van der Waals surface area contributed by atoms with Crippen molar-refractivity contribution in [2.45, 2.75) is 12.7 Å². The van der Waals surface area contributed by atoms with Gasteiger partial charge in [-0.1, -0.05) is 0 Å². The lowest BCUT2D eigenvalue weighted by Crippen LogP contribution is -2.04. The van der Waals surface area contributed by atoms with Crippen LogP contribution < -0.4 is 0 Å². The van der Waals surface area contributed by atoms with Gasteiger partial charge in [0.2, 0.25) is 0 Å². The summed E-state index contributed by atoms with van der Waals surface area (Å²) in [5.41, 5.74) is 0.439. The number of hydrogen-bond donors (Lipinski definition) is 0. The summed E-state index contributed by atoms with van der Waals surface area (Å²) in [5, 5.41) is 10.5. The highest BCUT2D eigenvalue weighted by atomic mass is 32.2. The molecule has 0 atom stereocenters. The first kappa shape index (κ1) is 11.6. The first-order valence-corrected chi connectivity index (χ1v) is 6.14. The molecule has 0 aliphatic carbocycles. The van der Waals surface area contributed by atoms with Crippen LogP contribution in [0.5, 0.6) is 0 Å². The molecule has 0 aliphatic heterocycles. The third-order valence-electron chi connectivity index (χ3n) is 1.72. The summed E-state index contributed by atoms with van der Waals surface area (Å²) in [6, 6.07) is 2.62. The zero-order valence-electron chi connectivity index (χ0n) is 8.30. The monoisotopic (exact) mass is 230 g/mol. The number of nitro groups is 1. The van der Waals surface area contributed by atoms with Crippen molar-refractivity contribution >= 4 is 15.5 Å². The molecule has 0 spiro atoms. The number of aromatic nitrogens is 1. The van der Waals surface area contributed by atoms with Crippen LogP contribution in [0.3, 0.4) is 0 Å². The average Bonchev–Trinajstić information content (AvgIpc) is 1.99. The van der Waals surface area contributed by atoms with Crippen LogP contribution in [0.25, 0.3) is 0 Å². The highest BCUT2D eigenvalue weighted by molar-refractivity contribution is 7.89. The molecule has 0 amide bonds. The molecule has 0 aromatic carbocycles. The highest BCUT2D eigenvalue weighted by Crippen LogP contribution is 2.16. The fourth-order valence-corrected chi connectivity index (χ4v) is 1.85. The van der Waals surface area contributed by atoms with E-state index in [9.17, 15) is 18.5 Å². The van der Waals surface area contributed by atoms with Crippen molar-refractivity contribution < 1.29 is 13.3 Å². The first-order valence-electron chi connectivity index (χ1n) is 4.08. The van der Waals surface area contributed by atoms with Crippen molar-refractivity contribution in [3.63, 3.8) is 0 Å². The van der Waals surface area contributed by atoms with Crippen molar-refractivity contribution in [1.29, 1.82) is 0 Å². The summed E-state index contributed by atoms with van der Waals surface area (Å²) < 4.78 is 21.9. The minimum atomic E-state index is -3.16. The lowest BCUT2D eigenvalue weighted by atomic mass is 10.3. The molecule has 0 unspecified atom stereocenters. The maximum Gasteiger partial charge on any atom is 0.290 e. The van der Waals surface area contributed by atoms with Gasteiger partial charge in [-0.15, -0.1) is 0 Å². The molecule has 0 fully saturated rings. The van der Waals surface area contributed by atoms with Crippen molar-refractivity contribution in [3.05, 3.63) is 33.6 Å². The van der Waals surface area contributed by atoms with E-state index in [4.69, 9.17) is 0 Å². The number of nitrogens with zero attached hydrogens (tertiary/aromatic N) is 2. The SMILES string of the molecule is Cc1nc(CS(C)(=O)=O)ccc1[N+](=O)[O-]. The summed E-state index contributed by atoms with van der Waals surface area (Å²) in [6.45, 7) is 1.48. The van der Waals surface area contributed by atoms with E-state index in [0.29, 0.717) is 5.69 Å². The van der Waals surface area contributed by atoms with Crippen LogP contribution in [0.1, 0.15) is 11.4 Å². The van der Waals surface area contributed by atoms with Crippen molar-refractivity contribution in [2.75, 3.05) is 6.26 Å². The summed E-state index contributed by atoms with van der Waals surface area (Å²) in [6.07, 6.45) is 1.09. The molecule has 1 rings (SSSR count). The molecule has 0 radical (unpaired) electrons. The standard InChI is InChI=1S/C8H10N2O4S/c1-6-8(10(11)12)4-3-7(9-6)5-15(2,13)14/h3-4H,5H2,1-2H3. The van der Waals surface area contributed by atoms with Gasteiger partial charge in [0.15, 0.2) is 9.84 Å². The van der Waals surface area contributed by atoms with E-state index < -0.39 is 14.8 Å². The number of hydrogen-bond acceptors (Lipinski definition) is 5. The van der Waals surface area contributed by atoms with Gasteiger partial charge in [0, 0.05) is 12.3 Å². The summed E-state index contributed by atoms with van der Waals surface area (Å²) >= 11 is 0. The predicted octanol–water partition coefficient (Wildman–Crippen LogP) is 0.843. The Balaban J connectivity index is 3.07. The predicted molar refractivity (Wildman–Crippen MR) is 54.2 cm³/mol. The second kappa shape index (κ2) is 3.93. The second-order valence-electron chi connectivity index (χ2n) is 3.23. The molecule has 6 nitrogen and oxygen atoms in total. The van der Waals surface area contributed by atoms with Gasteiger partial charge in [-0.05, 0) is 13.0 Å². The van der Waals surface area contributed by atoms with Crippen LogP contribution >= 0.6 is 0 Å². The molecule has 1 aromatic heterocycles. The summed E-state index contributed by atoms with van der Waals surface area (Å²) in [4.78, 5) is 13.8. The van der Waals surface area contributed by atoms with E-state index in [0.717, 1.165) is 6.26 Å². The average molecular weight is 230 g/mol. The maximum absolute atomic E-state index is 11.0. The topological polar surface area (TPSA) is 90.2 Å². The van der Waals surface area contributed by atoms with Gasteiger partial charge >= 0.3 is 0 Å². The van der Waals surface area contributed by atoms with Gasteiger partial charge in [-0.3, -0.25) is 10.1 Å². The van der Waals surface area contributed by atoms with Crippen molar-refractivity contribution in [3.8, 4) is 0 Å². The minimum absolute atomic E-state index is 0.104. The molecule has 0 N–H and O–H groups in total. The first-order chi connectivity index (χ1) is 6.79. The second-order valence-corrected chi connectivity index (χ2v) is 5.37. The summed E-state index contributed by atoms with van der Waals surface area (Å²) in [5.74, 6) is -0.203. The Morgan fingerprint density at radius 3 is 2.47 bits per heavy atom. The van der Waals surface area contributed by atoms with E-state index in [1.54, 1.807) is 0 Å². The quantitative estimate of drug-likeness (QED) is 0.567. The third kappa shape index (κ3) is 3.28. The molecule has 82 valence electrons. The zero-order valence-corrected chi connectivity index (χ0v) is 9.11. The van der Waals surface area contributed by atoms with E-state index in [-0.39, 0.29) is 17.1 Å². The molecule has 0 saturated heterocycles. The van der Waals surface area contributed by atoms with Gasteiger partial charge < -0.3 is 0 Å². The van der Waals surface area contributed by atoms with E-state index in [1.807, 2.05) is 0 Å². The summed E-state index contributed by atoms with van der Waals surface area (Å²) in [7, 11) is -3.16. The van der Waals surface area contributed by atoms with Crippen LogP contribution in [-0.2, 0) is 15.6 Å². The molecule has 0 aliphatic rings. The van der Waals surface area contributed by atoms with Crippen LogP contribution in [0.15, 0.2) is 12.1 Å². The molecule has 0 saturated carbocycles. The van der Waals surface area contributed by atoms with Crippen LogP contribution in [-0.4, -0.2) is 24.6 Å². The Hall–Kier alpha value is -1.50. The largest absolute Gasteiger partial charge is 0.290 e. The van der Waals surface area contributed by atoms with Crippen LogP contribution in [0.2, 0.25) is 0 Å². The van der Waals surface area contributed by atoms with Crippen molar-refractivity contribution in [2.24, 2.45) is 0 Å². The Kier molecular flexibility index (Phi) is 3.04. The van der Waals surface area contributed by atoms with Crippen molar-refractivity contribution in [1.82, 2.24) is 4.98 Å². The Bertz CT molecular complexity index is 495. The van der Waals surface area contributed by atoms with Crippen LogP contribution in [0, 0.1) is 17.0 Å². The molecule has 1 aromatic rings. The Morgan fingerprint density at radius 2 is 2.07 bits per heavy atom. The molecule has 1 heterocycles. The lowest BCUT2D eigenvalue weighted by molar-refractivity contribution is -0.385. The number of sulfone groups is 1. The maximum atomic E-state index is 11.0. The number of rotatable bonds is 3. The van der Waals surface area contributed by atoms with Gasteiger partial charge in [0.1, 0.15) is 5.69 Å². The smallest absolute Gasteiger partial charge is 0.258 e. The number of pyridine rings is 1. The van der Waals surface area contributed by atoms with E-state index in [2.05, 4.69) is 4.98 Å². The fourth-order valence-electron chi connectivity index (χ4n) is 1.15. The Labute approximate surface area is 87.0 Å². The van der Waals surface area contributed by atoms with Gasteiger partial charge in [-0.25, -0.2) is 13.4 Å². The molecular weight excluding hydrogens is 220 g/mol. The van der Waals surface area contributed by atoms with Gasteiger partial charge in [0.25, 0.3) is 5.69 Å². The highest BCUT2D eigenvalue weighted by Gasteiger charge is 2.13. The molecule has 15 heavy (non-hydrogen) atoms. The Morgan fingerprint density at radius 1 is 1.47 bits per heavy atom. The normalized spacial score (nSPS) is 11.3. The molecule has 0 bridgehead atoms. The lowest BCUT2D eigenvalue weighted by Gasteiger charge is -2.00.